The van der Waals surface area contributed by atoms with E-state index in [9.17, 15) is 4.39 Å². The SMILES string of the molecule is Cc1ccc(C(NN)c2oc3ccc(F)cc3c2C)cc1. The summed E-state index contributed by atoms with van der Waals surface area (Å²) in [5.74, 6) is 6.15. The van der Waals surface area contributed by atoms with Crippen molar-refractivity contribution in [1.82, 2.24) is 5.43 Å². The summed E-state index contributed by atoms with van der Waals surface area (Å²) >= 11 is 0. The van der Waals surface area contributed by atoms with E-state index in [1.807, 2.05) is 38.1 Å². The molecule has 0 aliphatic carbocycles. The summed E-state index contributed by atoms with van der Waals surface area (Å²) in [6.07, 6.45) is 0. The molecule has 3 nitrogen and oxygen atoms in total. The van der Waals surface area contributed by atoms with E-state index < -0.39 is 0 Å². The molecule has 1 atom stereocenters. The molecule has 0 spiro atoms. The third-order valence-electron chi connectivity index (χ3n) is 3.77. The molecule has 0 amide bonds. The summed E-state index contributed by atoms with van der Waals surface area (Å²) in [5.41, 5.74) is 6.53. The number of hydrogen-bond donors (Lipinski definition) is 2. The van der Waals surface area contributed by atoms with E-state index in [0.717, 1.165) is 16.5 Å². The zero-order valence-corrected chi connectivity index (χ0v) is 12.0. The normalized spacial score (nSPS) is 12.8. The first-order valence-corrected chi connectivity index (χ1v) is 6.81. The Balaban J connectivity index is 2.12. The van der Waals surface area contributed by atoms with Crippen LogP contribution in [-0.4, -0.2) is 0 Å². The first-order chi connectivity index (χ1) is 10.1. The van der Waals surface area contributed by atoms with Gasteiger partial charge in [0.1, 0.15) is 23.2 Å². The maximum absolute atomic E-state index is 13.4. The lowest BCUT2D eigenvalue weighted by atomic mass is 10.0. The number of furan rings is 1. The largest absolute Gasteiger partial charge is 0.459 e. The molecule has 0 radical (unpaired) electrons. The van der Waals surface area contributed by atoms with E-state index in [0.29, 0.717) is 11.3 Å². The molecule has 0 fully saturated rings. The molecule has 4 heteroatoms. The highest BCUT2D eigenvalue weighted by Gasteiger charge is 2.21. The molecule has 0 bridgehead atoms. The lowest BCUT2D eigenvalue weighted by Gasteiger charge is -2.15. The molecule has 0 saturated heterocycles. The lowest BCUT2D eigenvalue weighted by molar-refractivity contribution is 0.473. The van der Waals surface area contributed by atoms with Crippen LogP contribution in [0.25, 0.3) is 11.0 Å². The van der Waals surface area contributed by atoms with E-state index in [-0.39, 0.29) is 11.9 Å². The van der Waals surface area contributed by atoms with Gasteiger partial charge in [-0.25, -0.2) is 9.82 Å². The Labute approximate surface area is 122 Å². The predicted octanol–water partition coefficient (Wildman–Crippen LogP) is 3.74. The molecule has 0 aliphatic heterocycles. The van der Waals surface area contributed by atoms with Gasteiger partial charge in [0.15, 0.2) is 0 Å². The maximum Gasteiger partial charge on any atom is 0.134 e. The number of benzene rings is 2. The van der Waals surface area contributed by atoms with Gasteiger partial charge in [0.05, 0.1) is 0 Å². The van der Waals surface area contributed by atoms with Crippen LogP contribution in [0.3, 0.4) is 0 Å². The topological polar surface area (TPSA) is 51.2 Å². The number of nitrogens with one attached hydrogen (secondary N) is 1. The molecule has 1 unspecified atom stereocenters. The van der Waals surface area contributed by atoms with Gasteiger partial charge >= 0.3 is 0 Å². The fourth-order valence-electron chi connectivity index (χ4n) is 2.57. The van der Waals surface area contributed by atoms with Crippen molar-refractivity contribution < 1.29 is 8.81 Å². The minimum absolute atomic E-state index is 0.263. The van der Waals surface area contributed by atoms with Gasteiger partial charge in [-0.05, 0) is 37.6 Å². The Bertz CT molecular complexity index is 777. The molecular weight excluding hydrogens is 267 g/mol. The Kier molecular flexibility index (Phi) is 3.49. The summed E-state index contributed by atoms with van der Waals surface area (Å²) in [7, 11) is 0. The van der Waals surface area contributed by atoms with Crippen molar-refractivity contribution in [1.29, 1.82) is 0 Å². The van der Waals surface area contributed by atoms with Gasteiger partial charge in [0.2, 0.25) is 0 Å². The van der Waals surface area contributed by atoms with Gasteiger partial charge in [0, 0.05) is 10.9 Å². The fourth-order valence-corrected chi connectivity index (χ4v) is 2.57. The summed E-state index contributed by atoms with van der Waals surface area (Å²) < 4.78 is 19.3. The smallest absolute Gasteiger partial charge is 0.134 e. The number of aryl methyl sites for hydroxylation is 2. The first-order valence-electron chi connectivity index (χ1n) is 6.81. The number of fused-ring (bicyclic) bond motifs is 1. The number of halogens is 1. The average Bonchev–Trinajstić information content (AvgIpc) is 2.79. The molecule has 0 saturated carbocycles. The van der Waals surface area contributed by atoms with Crippen LogP contribution >= 0.6 is 0 Å². The molecule has 21 heavy (non-hydrogen) atoms. The molecule has 1 heterocycles. The fraction of sp³-hybridized carbons (Fsp3) is 0.176. The first kappa shape index (κ1) is 13.8. The van der Waals surface area contributed by atoms with Crippen LogP contribution in [0.4, 0.5) is 4.39 Å². The van der Waals surface area contributed by atoms with Crippen molar-refractivity contribution in [2.24, 2.45) is 5.84 Å². The standard InChI is InChI=1S/C17H17FN2O/c1-10-3-5-12(6-4-10)16(20-19)17-11(2)14-9-13(18)7-8-15(14)21-17/h3-9,16,20H,19H2,1-2H3. The zero-order chi connectivity index (χ0) is 15.0. The second kappa shape index (κ2) is 5.31. The van der Waals surface area contributed by atoms with Gasteiger partial charge in [0.25, 0.3) is 0 Å². The molecular formula is C17H17FN2O. The molecule has 3 aromatic rings. The zero-order valence-electron chi connectivity index (χ0n) is 12.0. The van der Waals surface area contributed by atoms with E-state index in [2.05, 4.69) is 5.43 Å². The predicted molar refractivity (Wildman–Crippen MR) is 81.3 cm³/mol. The van der Waals surface area contributed by atoms with Gasteiger partial charge in [-0.15, -0.1) is 0 Å². The monoisotopic (exact) mass is 284 g/mol. The molecule has 1 aromatic heterocycles. The van der Waals surface area contributed by atoms with Crippen LogP contribution < -0.4 is 11.3 Å². The Morgan fingerprint density at radius 2 is 1.81 bits per heavy atom. The van der Waals surface area contributed by atoms with Crippen molar-refractivity contribution >= 4 is 11.0 Å². The number of hydrogen-bond acceptors (Lipinski definition) is 3. The molecule has 3 N–H and O–H groups in total. The number of hydrazine groups is 1. The molecule has 108 valence electrons. The van der Waals surface area contributed by atoms with E-state index in [4.69, 9.17) is 10.3 Å². The van der Waals surface area contributed by atoms with Crippen molar-refractivity contribution in [3.05, 3.63) is 70.7 Å². The molecule has 3 rings (SSSR count). The minimum atomic E-state index is -0.273. The quantitative estimate of drug-likeness (QED) is 0.569. The highest BCUT2D eigenvalue weighted by Crippen LogP contribution is 2.32. The Morgan fingerprint density at radius 3 is 2.48 bits per heavy atom. The van der Waals surface area contributed by atoms with Crippen LogP contribution in [0.2, 0.25) is 0 Å². The Morgan fingerprint density at radius 1 is 1.10 bits per heavy atom. The minimum Gasteiger partial charge on any atom is -0.459 e. The van der Waals surface area contributed by atoms with Crippen molar-refractivity contribution in [2.45, 2.75) is 19.9 Å². The van der Waals surface area contributed by atoms with E-state index >= 15 is 0 Å². The van der Waals surface area contributed by atoms with E-state index in [1.165, 1.54) is 17.7 Å². The average molecular weight is 284 g/mol. The van der Waals surface area contributed by atoms with Crippen LogP contribution in [0.5, 0.6) is 0 Å². The second-order valence-electron chi connectivity index (χ2n) is 5.24. The van der Waals surface area contributed by atoms with Crippen LogP contribution in [0.1, 0.15) is 28.5 Å². The summed E-state index contributed by atoms with van der Waals surface area (Å²) in [4.78, 5) is 0. The summed E-state index contributed by atoms with van der Waals surface area (Å²) in [6, 6.07) is 12.3. The second-order valence-corrected chi connectivity index (χ2v) is 5.24. The van der Waals surface area contributed by atoms with Crippen molar-refractivity contribution in [3.63, 3.8) is 0 Å². The van der Waals surface area contributed by atoms with Crippen molar-refractivity contribution in [3.8, 4) is 0 Å². The van der Waals surface area contributed by atoms with Gasteiger partial charge in [-0.2, -0.15) is 0 Å². The third-order valence-corrected chi connectivity index (χ3v) is 3.77. The van der Waals surface area contributed by atoms with Gasteiger partial charge in [-0.3, -0.25) is 5.84 Å². The van der Waals surface area contributed by atoms with Crippen LogP contribution in [-0.2, 0) is 0 Å². The van der Waals surface area contributed by atoms with Gasteiger partial charge in [-0.1, -0.05) is 29.8 Å². The molecule has 2 aromatic carbocycles. The number of nitrogens with two attached hydrogens (primary N) is 1. The maximum atomic E-state index is 13.4. The van der Waals surface area contributed by atoms with Gasteiger partial charge < -0.3 is 4.42 Å². The van der Waals surface area contributed by atoms with Crippen LogP contribution in [0, 0.1) is 19.7 Å². The number of rotatable bonds is 3. The Hall–Kier alpha value is -2.17. The van der Waals surface area contributed by atoms with Crippen LogP contribution in [0.15, 0.2) is 46.9 Å². The lowest BCUT2D eigenvalue weighted by Crippen LogP contribution is -2.29. The summed E-state index contributed by atoms with van der Waals surface area (Å²) in [5, 5.41) is 0.775. The van der Waals surface area contributed by atoms with E-state index in [1.54, 1.807) is 6.07 Å². The van der Waals surface area contributed by atoms with Crippen molar-refractivity contribution in [2.75, 3.05) is 0 Å². The summed E-state index contributed by atoms with van der Waals surface area (Å²) in [6.45, 7) is 3.95. The highest BCUT2D eigenvalue weighted by molar-refractivity contribution is 5.82. The molecule has 0 aliphatic rings. The third kappa shape index (κ3) is 2.44. The highest BCUT2D eigenvalue weighted by atomic mass is 19.1.